The van der Waals surface area contributed by atoms with Crippen LogP contribution in [-0.2, 0) is 16.1 Å². The van der Waals surface area contributed by atoms with E-state index in [0.29, 0.717) is 44.6 Å². The average molecular weight is 453 g/mol. The topological polar surface area (TPSA) is 73.0 Å². The summed E-state index contributed by atoms with van der Waals surface area (Å²) in [4.78, 5) is 43.0. The number of piperazine rings is 1. The predicted octanol–water partition coefficient (Wildman–Crippen LogP) is 3.31. The van der Waals surface area contributed by atoms with Crippen molar-refractivity contribution in [2.24, 2.45) is 0 Å². The normalized spacial score (nSPS) is 17.5. The van der Waals surface area contributed by atoms with Crippen LogP contribution in [0.5, 0.6) is 0 Å². The van der Waals surface area contributed by atoms with Crippen molar-refractivity contribution in [3.8, 4) is 0 Å². The lowest BCUT2D eigenvalue weighted by molar-refractivity contribution is -0.158. The molecule has 2 aliphatic heterocycles. The predicted molar refractivity (Wildman–Crippen MR) is 123 cm³/mol. The highest BCUT2D eigenvalue weighted by molar-refractivity contribution is 6.35. The number of likely N-dealkylation sites (tertiary alicyclic amines) is 1. The summed E-state index contributed by atoms with van der Waals surface area (Å²) in [5, 5.41) is 2.98. The first-order chi connectivity index (χ1) is 15.8. The van der Waals surface area contributed by atoms with Crippen molar-refractivity contribution in [1.29, 1.82) is 0 Å². The third-order valence-electron chi connectivity index (χ3n) is 6.43. The molecule has 2 aromatic rings. The average Bonchev–Trinajstić information content (AvgIpc) is 2.80. The summed E-state index contributed by atoms with van der Waals surface area (Å²) in [6.07, 6.45) is 1.26. The van der Waals surface area contributed by atoms with E-state index in [9.17, 15) is 18.8 Å². The zero-order chi connectivity index (χ0) is 23.5. The first kappa shape index (κ1) is 22.8. The first-order valence-electron chi connectivity index (χ1n) is 11.3. The zero-order valence-electron chi connectivity index (χ0n) is 19.0. The summed E-state index contributed by atoms with van der Waals surface area (Å²) in [5.41, 5.74) is 3.54. The molecule has 0 radical (unpaired) electrons. The number of urea groups is 1. The summed E-state index contributed by atoms with van der Waals surface area (Å²) < 4.78 is 13.4. The van der Waals surface area contributed by atoms with E-state index in [1.807, 2.05) is 32.0 Å². The number of halogens is 1. The molecule has 2 heterocycles. The standard InChI is InChI=1S/C25H29FN4O3/c1-17-6-7-18(2)22(14-17)27-25(33)28-10-8-21(9-11-28)30-13-12-29(23(31)24(30)32)16-19-4-3-5-20(26)15-19/h3-7,14-15,21H,8-13,16H2,1-2H3,(H,27,33). The zero-order valence-corrected chi connectivity index (χ0v) is 19.0. The second-order valence-electron chi connectivity index (χ2n) is 8.82. The van der Waals surface area contributed by atoms with Gasteiger partial charge in [-0.15, -0.1) is 0 Å². The van der Waals surface area contributed by atoms with E-state index in [4.69, 9.17) is 0 Å². The first-order valence-corrected chi connectivity index (χ1v) is 11.3. The molecule has 33 heavy (non-hydrogen) atoms. The van der Waals surface area contributed by atoms with Gasteiger partial charge < -0.3 is 20.0 Å². The fraction of sp³-hybridized carbons (Fsp3) is 0.400. The molecular formula is C25H29FN4O3. The monoisotopic (exact) mass is 452 g/mol. The lowest BCUT2D eigenvalue weighted by Crippen LogP contribution is -2.59. The van der Waals surface area contributed by atoms with Crippen LogP contribution in [0.2, 0.25) is 0 Å². The number of hydrogen-bond donors (Lipinski definition) is 1. The third kappa shape index (κ3) is 5.16. The smallest absolute Gasteiger partial charge is 0.321 e. The van der Waals surface area contributed by atoms with Gasteiger partial charge in [0.2, 0.25) is 0 Å². The van der Waals surface area contributed by atoms with Gasteiger partial charge in [-0.1, -0.05) is 24.3 Å². The van der Waals surface area contributed by atoms with Gasteiger partial charge in [-0.3, -0.25) is 9.59 Å². The molecule has 8 heteroatoms. The van der Waals surface area contributed by atoms with Crippen molar-refractivity contribution in [2.75, 3.05) is 31.5 Å². The maximum Gasteiger partial charge on any atom is 0.321 e. The molecule has 4 amide bonds. The van der Waals surface area contributed by atoms with Crippen LogP contribution in [0, 0.1) is 19.7 Å². The number of nitrogens with one attached hydrogen (secondary N) is 1. The van der Waals surface area contributed by atoms with E-state index in [-0.39, 0.29) is 24.4 Å². The Hall–Kier alpha value is -3.42. The summed E-state index contributed by atoms with van der Waals surface area (Å²) in [5.74, 6) is -1.44. The fourth-order valence-electron chi connectivity index (χ4n) is 4.49. The maximum atomic E-state index is 13.4. The molecular weight excluding hydrogens is 423 g/mol. The Labute approximate surface area is 193 Å². The molecule has 0 saturated carbocycles. The Morgan fingerprint density at radius 3 is 2.48 bits per heavy atom. The third-order valence-corrected chi connectivity index (χ3v) is 6.43. The van der Waals surface area contributed by atoms with E-state index < -0.39 is 11.8 Å². The number of anilines is 1. The highest BCUT2D eigenvalue weighted by atomic mass is 19.1. The van der Waals surface area contributed by atoms with Crippen molar-refractivity contribution in [1.82, 2.24) is 14.7 Å². The lowest BCUT2D eigenvalue weighted by Gasteiger charge is -2.42. The number of nitrogens with zero attached hydrogens (tertiary/aromatic N) is 3. The van der Waals surface area contributed by atoms with E-state index in [0.717, 1.165) is 16.8 Å². The number of rotatable bonds is 4. The molecule has 0 aliphatic carbocycles. The maximum absolute atomic E-state index is 13.4. The van der Waals surface area contributed by atoms with Crippen LogP contribution in [0.25, 0.3) is 0 Å². The summed E-state index contributed by atoms with van der Waals surface area (Å²) in [7, 11) is 0. The summed E-state index contributed by atoms with van der Waals surface area (Å²) >= 11 is 0. The van der Waals surface area contributed by atoms with Crippen molar-refractivity contribution in [3.05, 3.63) is 65.0 Å². The molecule has 0 unspecified atom stereocenters. The van der Waals surface area contributed by atoms with Crippen molar-refractivity contribution in [3.63, 3.8) is 0 Å². The molecule has 4 rings (SSSR count). The molecule has 2 aromatic carbocycles. The van der Waals surface area contributed by atoms with E-state index >= 15 is 0 Å². The number of piperidine rings is 1. The van der Waals surface area contributed by atoms with E-state index in [2.05, 4.69) is 5.32 Å². The number of benzene rings is 2. The molecule has 2 fully saturated rings. The molecule has 0 spiro atoms. The number of carbonyl (C=O) groups excluding carboxylic acids is 3. The molecule has 7 nitrogen and oxygen atoms in total. The van der Waals surface area contributed by atoms with Crippen LogP contribution < -0.4 is 5.32 Å². The minimum Gasteiger partial charge on any atom is -0.330 e. The van der Waals surface area contributed by atoms with Gasteiger partial charge in [0.05, 0.1) is 0 Å². The summed E-state index contributed by atoms with van der Waals surface area (Å²) in [6, 6.07) is 11.8. The van der Waals surface area contributed by atoms with Crippen LogP contribution in [0.3, 0.4) is 0 Å². The Bertz CT molecular complexity index is 1070. The number of carbonyl (C=O) groups is 3. The lowest BCUT2D eigenvalue weighted by atomic mass is 10.0. The van der Waals surface area contributed by atoms with Crippen LogP contribution in [0.1, 0.15) is 29.5 Å². The van der Waals surface area contributed by atoms with Gasteiger partial charge in [0.25, 0.3) is 0 Å². The van der Waals surface area contributed by atoms with Crippen molar-refractivity contribution < 1.29 is 18.8 Å². The van der Waals surface area contributed by atoms with Crippen LogP contribution >= 0.6 is 0 Å². The van der Waals surface area contributed by atoms with E-state index in [1.54, 1.807) is 21.9 Å². The highest BCUT2D eigenvalue weighted by Gasteiger charge is 2.38. The molecule has 0 atom stereocenters. The van der Waals surface area contributed by atoms with Gasteiger partial charge in [0.1, 0.15) is 5.82 Å². The second kappa shape index (κ2) is 9.60. The van der Waals surface area contributed by atoms with Gasteiger partial charge in [0, 0.05) is 44.5 Å². The van der Waals surface area contributed by atoms with E-state index in [1.165, 1.54) is 17.0 Å². The quantitative estimate of drug-likeness (QED) is 0.724. The van der Waals surface area contributed by atoms with Crippen molar-refractivity contribution >= 4 is 23.5 Å². The van der Waals surface area contributed by atoms with Gasteiger partial charge in [-0.05, 0) is 61.6 Å². The Balaban J connectivity index is 1.31. The molecule has 0 bridgehead atoms. The minimum atomic E-state index is -0.555. The minimum absolute atomic E-state index is 0.0671. The highest BCUT2D eigenvalue weighted by Crippen LogP contribution is 2.22. The Kier molecular flexibility index (Phi) is 6.62. The van der Waals surface area contributed by atoms with Crippen LogP contribution in [0.15, 0.2) is 42.5 Å². The van der Waals surface area contributed by atoms with Gasteiger partial charge in [0.15, 0.2) is 0 Å². The Morgan fingerprint density at radius 1 is 1.00 bits per heavy atom. The molecule has 0 aromatic heterocycles. The fourth-order valence-corrected chi connectivity index (χ4v) is 4.49. The van der Waals surface area contributed by atoms with Crippen molar-refractivity contribution in [2.45, 2.75) is 39.3 Å². The Morgan fingerprint density at radius 2 is 1.76 bits per heavy atom. The number of amides is 4. The van der Waals surface area contributed by atoms with Crippen LogP contribution in [-0.4, -0.2) is 64.8 Å². The van der Waals surface area contributed by atoms with Gasteiger partial charge >= 0.3 is 17.8 Å². The molecule has 2 saturated heterocycles. The molecule has 174 valence electrons. The molecule has 1 N–H and O–H groups in total. The molecule has 2 aliphatic rings. The largest absolute Gasteiger partial charge is 0.330 e. The van der Waals surface area contributed by atoms with Gasteiger partial charge in [-0.2, -0.15) is 0 Å². The van der Waals surface area contributed by atoms with Gasteiger partial charge in [-0.25, -0.2) is 9.18 Å². The SMILES string of the molecule is Cc1ccc(C)c(NC(=O)N2CCC(N3CCN(Cc4cccc(F)c4)C(=O)C3=O)CC2)c1. The number of aryl methyl sites for hydroxylation is 2. The second-order valence-corrected chi connectivity index (χ2v) is 8.82. The number of hydrogen-bond acceptors (Lipinski definition) is 3. The van der Waals surface area contributed by atoms with Crippen LogP contribution in [0.4, 0.5) is 14.9 Å². The summed E-state index contributed by atoms with van der Waals surface area (Å²) in [6.45, 7) is 6.05.